The molecule has 1 amide bonds. The van der Waals surface area contributed by atoms with E-state index in [1.807, 2.05) is 35.2 Å². The largest absolute Gasteiger partial charge is 0.445 e. The van der Waals surface area contributed by atoms with Gasteiger partial charge in [0.05, 0.1) is 12.6 Å². The van der Waals surface area contributed by atoms with Crippen molar-refractivity contribution in [1.29, 1.82) is 0 Å². The van der Waals surface area contributed by atoms with Crippen LogP contribution < -0.4 is 0 Å². The molecule has 0 bridgehead atoms. The van der Waals surface area contributed by atoms with E-state index >= 15 is 0 Å². The Bertz CT molecular complexity index is 456. The van der Waals surface area contributed by atoms with Gasteiger partial charge in [-0.05, 0) is 25.3 Å². The minimum Gasteiger partial charge on any atom is -0.445 e. The average molecular weight is 261 g/mol. The summed E-state index contributed by atoms with van der Waals surface area (Å²) >= 11 is 0. The summed E-state index contributed by atoms with van der Waals surface area (Å²) in [4.78, 5) is 14.0. The van der Waals surface area contributed by atoms with E-state index in [0.29, 0.717) is 6.61 Å². The Hall–Kier alpha value is -1.55. The van der Waals surface area contributed by atoms with Crippen LogP contribution in [0.15, 0.2) is 30.3 Å². The predicted molar refractivity (Wildman–Crippen MR) is 70.7 cm³/mol. The number of benzene rings is 1. The first kappa shape index (κ1) is 12.5. The summed E-state index contributed by atoms with van der Waals surface area (Å²) in [5, 5.41) is 0. The molecule has 0 spiro atoms. The van der Waals surface area contributed by atoms with Crippen molar-refractivity contribution in [2.24, 2.45) is 0 Å². The molecular formula is C15H19NO3. The number of ether oxygens (including phenoxy) is 2. The van der Waals surface area contributed by atoms with Crippen LogP contribution in [-0.4, -0.2) is 35.8 Å². The number of amides is 1. The smallest absolute Gasteiger partial charge is 0.410 e. The normalized spacial score (nSPS) is 29.3. The van der Waals surface area contributed by atoms with E-state index in [0.717, 1.165) is 31.6 Å². The molecular weight excluding hydrogens is 242 g/mol. The van der Waals surface area contributed by atoms with Crippen molar-refractivity contribution in [3.05, 3.63) is 35.9 Å². The summed E-state index contributed by atoms with van der Waals surface area (Å²) in [6.45, 7) is 3.93. The minimum absolute atomic E-state index is 0.137. The SMILES string of the molecule is CC1(C2CCCN2C(=O)OCc2ccccc2)CO1. The fourth-order valence-corrected chi connectivity index (χ4v) is 2.73. The molecule has 1 aromatic carbocycles. The van der Waals surface area contributed by atoms with Gasteiger partial charge in [-0.3, -0.25) is 0 Å². The van der Waals surface area contributed by atoms with Crippen LogP contribution in [0, 0.1) is 0 Å². The molecule has 4 heteroatoms. The van der Waals surface area contributed by atoms with Crippen molar-refractivity contribution in [3.63, 3.8) is 0 Å². The van der Waals surface area contributed by atoms with Gasteiger partial charge in [0.15, 0.2) is 0 Å². The highest BCUT2D eigenvalue weighted by atomic mass is 16.6. The quantitative estimate of drug-likeness (QED) is 0.785. The number of nitrogens with zero attached hydrogens (tertiary/aromatic N) is 1. The third-order valence-corrected chi connectivity index (χ3v) is 4.00. The van der Waals surface area contributed by atoms with Crippen LogP contribution >= 0.6 is 0 Å². The van der Waals surface area contributed by atoms with Crippen molar-refractivity contribution < 1.29 is 14.3 Å². The van der Waals surface area contributed by atoms with Crippen LogP contribution in [-0.2, 0) is 16.1 Å². The van der Waals surface area contributed by atoms with Gasteiger partial charge < -0.3 is 14.4 Å². The molecule has 4 nitrogen and oxygen atoms in total. The predicted octanol–water partition coefficient (Wildman–Crippen LogP) is 2.58. The third kappa shape index (κ3) is 2.59. The molecule has 2 heterocycles. The Labute approximate surface area is 113 Å². The van der Waals surface area contributed by atoms with Gasteiger partial charge in [-0.15, -0.1) is 0 Å². The number of likely N-dealkylation sites (tertiary alicyclic amines) is 1. The lowest BCUT2D eigenvalue weighted by molar-refractivity contribution is 0.0765. The number of hydrogen-bond donors (Lipinski definition) is 0. The lowest BCUT2D eigenvalue weighted by atomic mass is 10.0. The number of rotatable bonds is 3. The monoisotopic (exact) mass is 261 g/mol. The van der Waals surface area contributed by atoms with Crippen LogP contribution in [0.25, 0.3) is 0 Å². The van der Waals surface area contributed by atoms with Crippen LogP contribution in [0.5, 0.6) is 0 Å². The summed E-state index contributed by atoms with van der Waals surface area (Å²) in [5.41, 5.74) is 0.878. The van der Waals surface area contributed by atoms with Gasteiger partial charge in [0.2, 0.25) is 0 Å². The fraction of sp³-hybridized carbons (Fsp3) is 0.533. The van der Waals surface area contributed by atoms with Crippen molar-refractivity contribution in [3.8, 4) is 0 Å². The van der Waals surface area contributed by atoms with Crippen molar-refractivity contribution in [2.75, 3.05) is 13.2 Å². The lowest BCUT2D eigenvalue weighted by Crippen LogP contribution is -2.43. The molecule has 2 unspecified atom stereocenters. The van der Waals surface area contributed by atoms with Crippen LogP contribution in [0.2, 0.25) is 0 Å². The molecule has 2 saturated heterocycles. The standard InChI is InChI=1S/C15H19NO3/c1-15(11-19-15)13-8-5-9-16(13)14(17)18-10-12-6-3-2-4-7-12/h2-4,6-7,13H,5,8-11H2,1H3. The van der Waals surface area contributed by atoms with E-state index in [1.165, 1.54) is 0 Å². The Morgan fingerprint density at radius 2 is 2.21 bits per heavy atom. The van der Waals surface area contributed by atoms with Crippen molar-refractivity contribution in [2.45, 2.75) is 38.0 Å². The first-order valence-corrected chi connectivity index (χ1v) is 6.80. The summed E-state index contributed by atoms with van der Waals surface area (Å²) in [6.07, 6.45) is 1.82. The molecule has 0 N–H and O–H groups in total. The summed E-state index contributed by atoms with van der Waals surface area (Å²) in [5.74, 6) is 0. The topological polar surface area (TPSA) is 42.1 Å². The number of hydrogen-bond acceptors (Lipinski definition) is 3. The molecule has 2 aliphatic rings. The zero-order chi connectivity index (χ0) is 13.3. The maximum absolute atomic E-state index is 12.2. The first-order chi connectivity index (χ1) is 9.19. The Morgan fingerprint density at radius 1 is 1.47 bits per heavy atom. The molecule has 0 aliphatic carbocycles. The summed E-state index contributed by atoms with van der Waals surface area (Å²) < 4.78 is 10.9. The van der Waals surface area contributed by atoms with E-state index < -0.39 is 0 Å². The molecule has 0 saturated carbocycles. The first-order valence-electron chi connectivity index (χ1n) is 6.80. The van der Waals surface area contributed by atoms with Crippen LogP contribution in [0.4, 0.5) is 4.79 Å². The average Bonchev–Trinajstić information content (AvgIpc) is 3.00. The molecule has 102 valence electrons. The van der Waals surface area contributed by atoms with E-state index in [9.17, 15) is 4.79 Å². The summed E-state index contributed by atoms with van der Waals surface area (Å²) in [6, 6.07) is 9.94. The van der Waals surface area contributed by atoms with Gasteiger partial charge in [-0.2, -0.15) is 0 Å². The van der Waals surface area contributed by atoms with Gasteiger partial charge in [0.25, 0.3) is 0 Å². The zero-order valence-corrected chi connectivity index (χ0v) is 11.2. The van der Waals surface area contributed by atoms with Gasteiger partial charge in [0.1, 0.15) is 12.2 Å². The van der Waals surface area contributed by atoms with Crippen LogP contribution in [0.3, 0.4) is 0 Å². The number of epoxide rings is 1. The maximum Gasteiger partial charge on any atom is 0.410 e. The van der Waals surface area contributed by atoms with E-state index in [2.05, 4.69) is 6.92 Å². The van der Waals surface area contributed by atoms with Gasteiger partial charge in [-0.1, -0.05) is 30.3 Å². The molecule has 3 rings (SSSR count). The molecule has 19 heavy (non-hydrogen) atoms. The number of carbonyl (C=O) groups excluding carboxylic acids is 1. The van der Waals surface area contributed by atoms with Gasteiger partial charge in [0, 0.05) is 6.54 Å². The molecule has 2 atom stereocenters. The highest BCUT2D eigenvalue weighted by Crippen LogP contribution is 2.38. The fourth-order valence-electron chi connectivity index (χ4n) is 2.73. The number of carbonyl (C=O) groups is 1. The van der Waals surface area contributed by atoms with Crippen molar-refractivity contribution >= 4 is 6.09 Å². The van der Waals surface area contributed by atoms with Gasteiger partial charge in [-0.25, -0.2) is 4.79 Å². The van der Waals surface area contributed by atoms with Crippen LogP contribution in [0.1, 0.15) is 25.3 Å². The highest BCUT2D eigenvalue weighted by Gasteiger charge is 2.52. The second-order valence-electron chi connectivity index (χ2n) is 5.49. The van der Waals surface area contributed by atoms with E-state index in [-0.39, 0.29) is 17.7 Å². The molecule has 2 aliphatic heterocycles. The maximum atomic E-state index is 12.2. The van der Waals surface area contributed by atoms with E-state index in [4.69, 9.17) is 9.47 Å². The Balaban J connectivity index is 1.58. The highest BCUT2D eigenvalue weighted by molar-refractivity contribution is 5.68. The lowest BCUT2D eigenvalue weighted by Gasteiger charge is -2.26. The Morgan fingerprint density at radius 3 is 2.89 bits per heavy atom. The summed E-state index contributed by atoms with van der Waals surface area (Å²) in [7, 11) is 0. The third-order valence-electron chi connectivity index (χ3n) is 4.00. The van der Waals surface area contributed by atoms with E-state index in [1.54, 1.807) is 0 Å². The molecule has 2 fully saturated rings. The zero-order valence-electron chi connectivity index (χ0n) is 11.2. The Kier molecular flexibility index (Phi) is 3.19. The van der Waals surface area contributed by atoms with Crippen molar-refractivity contribution in [1.82, 2.24) is 4.90 Å². The van der Waals surface area contributed by atoms with Gasteiger partial charge >= 0.3 is 6.09 Å². The second kappa shape index (κ2) is 4.85. The second-order valence-corrected chi connectivity index (χ2v) is 5.49. The minimum atomic E-state index is -0.219. The molecule has 1 aromatic rings. The molecule has 0 aromatic heterocycles. The molecule has 0 radical (unpaired) electrons.